The Balaban J connectivity index is 0.881. The Labute approximate surface area is 385 Å². The van der Waals surface area contributed by atoms with Crippen LogP contribution in [0.5, 0.6) is 0 Å². The van der Waals surface area contributed by atoms with E-state index in [1.54, 1.807) is 23.6 Å². The third-order valence-corrected chi connectivity index (χ3v) is 13.4. The lowest BCUT2D eigenvalue weighted by atomic mass is 9.85. The number of carbonyl (C=O) groups excluding carboxylic acids is 3. The lowest BCUT2D eigenvalue weighted by Gasteiger charge is -2.35. The van der Waals surface area contributed by atoms with Gasteiger partial charge in [0.2, 0.25) is 17.7 Å². The minimum absolute atomic E-state index is 0.0200. The monoisotopic (exact) mass is 900 g/mol. The van der Waals surface area contributed by atoms with Gasteiger partial charge in [-0.05, 0) is 98.5 Å². The normalized spacial score (nSPS) is 16.2. The molecule has 65 heavy (non-hydrogen) atoms. The number of unbranched alkanes of at least 4 members (excludes halogenated alkanes) is 2. The van der Waals surface area contributed by atoms with Crippen LogP contribution in [0.15, 0.2) is 78.7 Å². The smallest absolute Gasteiger partial charge is 0.246 e. The van der Waals surface area contributed by atoms with Gasteiger partial charge in [-0.2, -0.15) is 0 Å². The van der Waals surface area contributed by atoms with E-state index in [4.69, 9.17) is 4.98 Å². The molecule has 0 aliphatic carbocycles. The maximum absolute atomic E-state index is 14.1. The number of likely N-dealkylation sites (tertiary alicyclic amines) is 1. The fraction of sp³-hybridized carbons (Fsp3) is 0.412. The Kier molecular flexibility index (Phi) is 14.6. The fourth-order valence-corrected chi connectivity index (χ4v) is 9.79. The summed E-state index contributed by atoms with van der Waals surface area (Å²) in [6.07, 6.45) is 5.44. The molecule has 14 heteroatoms. The molecule has 0 spiro atoms. The van der Waals surface area contributed by atoms with E-state index in [2.05, 4.69) is 51.9 Å². The predicted molar refractivity (Wildman–Crippen MR) is 255 cm³/mol. The highest BCUT2D eigenvalue weighted by Crippen LogP contribution is 2.38. The number of thiazole rings is 1. The molecule has 1 saturated heterocycles. The van der Waals surface area contributed by atoms with Crippen LogP contribution < -0.4 is 16.0 Å². The molecular weight excluding hydrogens is 840 g/mol. The summed E-state index contributed by atoms with van der Waals surface area (Å²) in [5.74, 6) is -1.25. The SMILES string of the molecule is Cc1cc(CNCCCCCC(=O)N[C@H](C(=O)N2C[C@H](O)C[C@H]2C(=O)N[C@@H](C)c2ccc(-c3scnc3C)cc2)C(C)(C)C)cc(C)c1-c1ncn(C)c1-c1ccnc2cc(F)ccc12. The maximum atomic E-state index is 14.1. The van der Waals surface area contributed by atoms with Gasteiger partial charge in [-0.25, -0.2) is 14.4 Å². The Morgan fingerprint density at radius 3 is 2.37 bits per heavy atom. The van der Waals surface area contributed by atoms with Crippen molar-refractivity contribution in [1.29, 1.82) is 0 Å². The van der Waals surface area contributed by atoms with Gasteiger partial charge in [-0.3, -0.25) is 19.4 Å². The number of aromatic nitrogens is 4. The molecule has 4 atom stereocenters. The molecule has 0 saturated carbocycles. The predicted octanol–water partition coefficient (Wildman–Crippen LogP) is 8.51. The summed E-state index contributed by atoms with van der Waals surface area (Å²) < 4.78 is 16.0. The molecular formula is C51H61FN8O4S. The molecule has 0 unspecified atom stereocenters. The highest BCUT2D eigenvalue weighted by atomic mass is 32.1. The lowest BCUT2D eigenvalue weighted by Crippen LogP contribution is -2.57. The van der Waals surface area contributed by atoms with Crippen LogP contribution in [0.4, 0.5) is 4.39 Å². The van der Waals surface area contributed by atoms with Gasteiger partial charge < -0.3 is 30.5 Å². The van der Waals surface area contributed by atoms with Gasteiger partial charge in [0, 0.05) is 61.8 Å². The third-order valence-electron chi connectivity index (χ3n) is 12.4. The Bertz CT molecular complexity index is 2650. The van der Waals surface area contributed by atoms with Crippen LogP contribution in [-0.2, 0) is 28.0 Å². The number of fused-ring (bicyclic) bond motifs is 1. The molecule has 0 radical (unpaired) electrons. The first-order valence-corrected chi connectivity index (χ1v) is 23.3. The summed E-state index contributed by atoms with van der Waals surface area (Å²) in [6, 6.07) is 16.9. The molecule has 4 heterocycles. The Morgan fingerprint density at radius 2 is 1.68 bits per heavy atom. The first-order valence-electron chi connectivity index (χ1n) is 22.5. The van der Waals surface area contributed by atoms with Crippen LogP contribution in [0.25, 0.3) is 43.9 Å². The molecule has 3 amide bonds. The number of aliphatic hydroxyl groups excluding tert-OH is 1. The molecule has 6 aromatic rings. The number of nitrogens with zero attached hydrogens (tertiary/aromatic N) is 5. The largest absolute Gasteiger partial charge is 0.391 e. The van der Waals surface area contributed by atoms with Gasteiger partial charge in [-0.15, -0.1) is 11.3 Å². The molecule has 4 N–H and O–H groups in total. The van der Waals surface area contributed by atoms with E-state index in [9.17, 15) is 23.9 Å². The Hall–Kier alpha value is -5.83. The summed E-state index contributed by atoms with van der Waals surface area (Å²) in [5.41, 5.74) is 11.9. The van der Waals surface area contributed by atoms with Gasteiger partial charge >= 0.3 is 0 Å². The number of aryl methyl sites for hydroxylation is 4. The maximum Gasteiger partial charge on any atom is 0.246 e. The zero-order chi connectivity index (χ0) is 46.6. The van der Waals surface area contributed by atoms with Gasteiger partial charge in [0.15, 0.2) is 0 Å². The van der Waals surface area contributed by atoms with Crippen LogP contribution in [0.3, 0.4) is 0 Å². The van der Waals surface area contributed by atoms with Gasteiger partial charge in [0.05, 0.1) is 51.5 Å². The minimum Gasteiger partial charge on any atom is -0.391 e. The molecule has 1 aliphatic heterocycles. The van der Waals surface area contributed by atoms with Gasteiger partial charge in [0.1, 0.15) is 17.9 Å². The second-order valence-electron chi connectivity index (χ2n) is 18.5. The van der Waals surface area contributed by atoms with Crippen LogP contribution in [0.2, 0.25) is 0 Å². The molecule has 1 fully saturated rings. The minimum atomic E-state index is -0.874. The van der Waals surface area contributed by atoms with E-state index in [1.807, 2.05) is 88.4 Å². The van der Waals surface area contributed by atoms with Crippen LogP contribution in [0.1, 0.15) is 93.8 Å². The number of imidazole rings is 1. The number of hydrogen-bond acceptors (Lipinski definition) is 9. The first kappa shape index (κ1) is 47.1. The van der Waals surface area contributed by atoms with Crippen LogP contribution in [0, 0.1) is 32.0 Å². The second-order valence-corrected chi connectivity index (χ2v) is 19.4. The first-order chi connectivity index (χ1) is 31.0. The number of pyridine rings is 1. The van der Waals surface area contributed by atoms with E-state index in [1.165, 1.54) is 17.0 Å². The average Bonchev–Trinajstić information content (AvgIpc) is 3.98. The summed E-state index contributed by atoms with van der Waals surface area (Å²) in [4.78, 5) is 57.2. The number of aliphatic hydroxyl groups is 1. The average molecular weight is 901 g/mol. The molecule has 0 bridgehead atoms. The van der Waals surface area contributed by atoms with Gasteiger partial charge in [0.25, 0.3) is 0 Å². The van der Waals surface area contributed by atoms with Crippen LogP contribution >= 0.6 is 11.3 Å². The molecule has 7 rings (SSSR count). The van der Waals surface area contributed by atoms with Crippen molar-refractivity contribution >= 4 is 40.0 Å². The van der Waals surface area contributed by atoms with Gasteiger partial charge in [-0.1, -0.05) is 63.6 Å². The number of benzene rings is 3. The van der Waals surface area contributed by atoms with Crippen molar-refractivity contribution in [3.8, 4) is 33.0 Å². The summed E-state index contributed by atoms with van der Waals surface area (Å²) in [5, 5.41) is 21.1. The fourth-order valence-electron chi connectivity index (χ4n) is 8.98. The lowest BCUT2D eigenvalue weighted by molar-refractivity contribution is -0.144. The Morgan fingerprint density at radius 1 is 0.938 bits per heavy atom. The standard InChI is InChI=1S/C51H61FN8O4S/c1-30-22-34(23-31(2)44(30)45-46(59(8)28-55-45)40-19-21-54-41-24-37(52)17-18-39(40)41)26-53-20-11-9-10-12-43(62)58-48(51(5,6)7)50(64)60-27-38(61)25-42(60)49(63)57-32(3)35-13-15-36(16-14-35)47-33(4)56-29-65-47/h13-19,21-24,28-29,32,38,42,48,53,61H,9-12,20,25-27H2,1-8H3,(H,57,63)(H,58,62)/t32-,38+,42-,48+/m0/s1. The van der Waals surface area contributed by atoms with E-state index >= 15 is 0 Å². The van der Waals surface area contributed by atoms with Crippen molar-refractivity contribution in [1.82, 2.24) is 40.4 Å². The number of amides is 3. The zero-order valence-corrected chi connectivity index (χ0v) is 39.5. The van der Waals surface area contributed by atoms with E-state index < -0.39 is 23.6 Å². The number of hydrogen-bond donors (Lipinski definition) is 4. The van der Waals surface area contributed by atoms with Crippen molar-refractivity contribution in [3.63, 3.8) is 0 Å². The molecule has 3 aromatic carbocycles. The quantitative estimate of drug-likeness (QED) is 0.0706. The summed E-state index contributed by atoms with van der Waals surface area (Å²) in [7, 11) is 1.97. The van der Waals surface area contributed by atoms with Crippen molar-refractivity contribution < 1.29 is 23.9 Å². The number of rotatable bonds is 16. The molecule has 1 aliphatic rings. The summed E-state index contributed by atoms with van der Waals surface area (Å²) in [6.45, 7) is 15.2. The molecule has 3 aromatic heterocycles. The molecule has 12 nitrogen and oxygen atoms in total. The zero-order valence-electron chi connectivity index (χ0n) is 38.7. The van der Waals surface area contributed by atoms with Crippen molar-refractivity contribution in [2.45, 2.75) is 111 Å². The van der Waals surface area contributed by atoms with Crippen LogP contribution in [-0.4, -0.2) is 78.5 Å². The van der Waals surface area contributed by atoms with Crippen molar-refractivity contribution in [2.24, 2.45) is 12.5 Å². The van der Waals surface area contributed by atoms with E-state index in [0.717, 1.165) is 85.7 Å². The van der Waals surface area contributed by atoms with E-state index in [-0.39, 0.29) is 49.0 Å². The third kappa shape index (κ3) is 10.8. The highest BCUT2D eigenvalue weighted by molar-refractivity contribution is 7.13. The number of nitrogens with one attached hydrogen (secondary N) is 3. The summed E-state index contributed by atoms with van der Waals surface area (Å²) >= 11 is 1.58. The number of halogens is 1. The topological polar surface area (TPSA) is 154 Å². The second kappa shape index (κ2) is 20.1. The van der Waals surface area contributed by atoms with Crippen molar-refractivity contribution in [2.75, 3.05) is 13.1 Å². The molecule has 342 valence electrons. The number of β-amino-alcohol motifs (C(OH)–C–C–N with tert-alkyl or cyclic N) is 1. The number of carbonyl (C=O) groups is 3. The van der Waals surface area contributed by atoms with Crippen molar-refractivity contribution in [3.05, 3.63) is 112 Å². The highest BCUT2D eigenvalue weighted by Gasteiger charge is 2.44. The van der Waals surface area contributed by atoms with E-state index in [0.29, 0.717) is 18.5 Å².